The molecule has 128 valence electrons. The highest BCUT2D eigenvalue weighted by Crippen LogP contribution is 2.16. The summed E-state index contributed by atoms with van der Waals surface area (Å²) >= 11 is 2.20. The minimum atomic E-state index is 0.648. The molecule has 0 aliphatic carbocycles. The highest BCUT2D eigenvalue weighted by atomic mass is 127. The normalized spacial score (nSPS) is 16.2. The van der Waals surface area contributed by atoms with Gasteiger partial charge < -0.3 is 15.1 Å². The van der Waals surface area contributed by atoms with Crippen molar-refractivity contribution in [1.82, 2.24) is 19.8 Å². The number of piperazine rings is 1. The minimum absolute atomic E-state index is 0.648. The minimum Gasteiger partial charge on any atom is -0.324 e. The fourth-order valence-electron chi connectivity index (χ4n) is 2.95. The van der Waals surface area contributed by atoms with Crippen molar-refractivity contribution in [2.24, 2.45) is 0 Å². The number of rotatable bonds is 6. The van der Waals surface area contributed by atoms with Gasteiger partial charge in [-0.15, -0.1) is 0 Å². The average molecular weight is 437 g/mol. The summed E-state index contributed by atoms with van der Waals surface area (Å²) in [5, 5.41) is 3.29. The summed E-state index contributed by atoms with van der Waals surface area (Å²) in [6.45, 7) is 9.29. The highest BCUT2D eigenvalue weighted by Gasteiger charge is 2.14. The number of hydrogen-bond donors (Lipinski definition) is 1. The third-order valence-electron chi connectivity index (χ3n) is 4.43. The van der Waals surface area contributed by atoms with E-state index in [2.05, 4.69) is 78.9 Å². The molecule has 6 heteroatoms. The summed E-state index contributed by atoms with van der Waals surface area (Å²) in [7, 11) is 0. The van der Waals surface area contributed by atoms with Gasteiger partial charge in [0.1, 0.15) is 3.70 Å². The van der Waals surface area contributed by atoms with Gasteiger partial charge in [0, 0.05) is 44.6 Å². The Morgan fingerprint density at radius 3 is 2.67 bits per heavy atom. The summed E-state index contributed by atoms with van der Waals surface area (Å²) in [4.78, 5) is 13.7. The smallest absolute Gasteiger partial charge is 0.228 e. The van der Waals surface area contributed by atoms with Gasteiger partial charge in [-0.05, 0) is 59.3 Å². The Balaban J connectivity index is 1.54. The topological polar surface area (TPSA) is 44.3 Å². The lowest BCUT2D eigenvalue weighted by atomic mass is 10.1. The molecular weight excluding hydrogens is 413 g/mol. The van der Waals surface area contributed by atoms with E-state index in [9.17, 15) is 0 Å². The van der Waals surface area contributed by atoms with Gasteiger partial charge in [0.15, 0.2) is 0 Å². The van der Waals surface area contributed by atoms with Gasteiger partial charge in [-0.2, -0.15) is 0 Å². The number of aromatic nitrogens is 2. The lowest BCUT2D eigenvalue weighted by Crippen LogP contribution is -2.46. The molecule has 0 amide bonds. The second-order valence-electron chi connectivity index (χ2n) is 6.05. The molecule has 3 rings (SSSR count). The first-order valence-electron chi connectivity index (χ1n) is 8.52. The van der Waals surface area contributed by atoms with Crippen LogP contribution in [-0.2, 0) is 6.42 Å². The van der Waals surface area contributed by atoms with Crippen molar-refractivity contribution < 1.29 is 0 Å². The third kappa shape index (κ3) is 5.12. The van der Waals surface area contributed by atoms with Crippen molar-refractivity contribution in [3.63, 3.8) is 0 Å². The van der Waals surface area contributed by atoms with Gasteiger partial charge in [0.25, 0.3) is 0 Å². The van der Waals surface area contributed by atoms with E-state index in [1.54, 1.807) is 6.20 Å². The molecule has 5 nitrogen and oxygen atoms in total. The first kappa shape index (κ1) is 17.6. The van der Waals surface area contributed by atoms with Crippen LogP contribution in [0.5, 0.6) is 0 Å². The maximum atomic E-state index is 4.38. The summed E-state index contributed by atoms with van der Waals surface area (Å²) < 4.78 is 0.937. The largest absolute Gasteiger partial charge is 0.324 e. The zero-order valence-electron chi connectivity index (χ0n) is 14.1. The number of anilines is 2. The molecule has 0 bridgehead atoms. The van der Waals surface area contributed by atoms with E-state index >= 15 is 0 Å². The van der Waals surface area contributed by atoms with Crippen LogP contribution >= 0.6 is 22.6 Å². The Morgan fingerprint density at radius 1 is 1.12 bits per heavy atom. The Morgan fingerprint density at radius 2 is 1.92 bits per heavy atom. The fraction of sp³-hybridized carbons (Fsp3) is 0.444. The van der Waals surface area contributed by atoms with Crippen LogP contribution in [0.15, 0.2) is 36.5 Å². The lowest BCUT2D eigenvalue weighted by molar-refractivity contribution is 0.138. The quantitative estimate of drug-likeness (QED) is 0.556. The molecule has 0 radical (unpaired) electrons. The van der Waals surface area contributed by atoms with Gasteiger partial charge >= 0.3 is 0 Å². The number of nitrogens with one attached hydrogen (secondary N) is 1. The maximum Gasteiger partial charge on any atom is 0.228 e. The van der Waals surface area contributed by atoms with E-state index in [1.807, 2.05) is 6.07 Å². The predicted octanol–water partition coefficient (Wildman–Crippen LogP) is 3.00. The summed E-state index contributed by atoms with van der Waals surface area (Å²) in [6.07, 6.45) is 2.85. The van der Waals surface area contributed by atoms with Crippen molar-refractivity contribution >= 4 is 34.2 Å². The predicted molar refractivity (Wildman–Crippen MR) is 107 cm³/mol. The SMILES string of the molecule is CCN1CCN(CCc2cccc(Nc3nccc(I)n3)c2)CC1. The molecule has 0 spiro atoms. The van der Waals surface area contributed by atoms with E-state index in [-0.39, 0.29) is 0 Å². The van der Waals surface area contributed by atoms with Crippen LogP contribution in [0.2, 0.25) is 0 Å². The van der Waals surface area contributed by atoms with Crippen LogP contribution in [0.25, 0.3) is 0 Å². The van der Waals surface area contributed by atoms with E-state index in [0.29, 0.717) is 5.95 Å². The van der Waals surface area contributed by atoms with Crippen LogP contribution in [-0.4, -0.2) is 59.0 Å². The first-order chi connectivity index (χ1) is 11.7. The van der Waals surface area contributed by atoms with Crippen molar-refractivity contribution in [2.75, 3.05) is 44.6 Å². The van der Waals surface area contributed by atoms with Gasteiger partial charge in [-0.3, -0.25) is 0 Å². The Labute approximate surface area is 157 Å². The van der Waals surface area contributed by atoms with Gasteiger partial charge in [-0.1, -0.05) is 19.1 Å². The molecule has 1 aliphatic heterocycles. The molecular formula is C18H24IN5. The molecule has 2 aromatic rings. The number of halogens is 1. The van der Waals surface area contributed by atoms with Crippen molar-refractivity contribution in [3.8, 4) is 0 Å². The van der Waals surface area contributed by atoms with Gasteiger partial charge in [0.2, 0.25) is 5.95 Å². The van der Waals surface area contributed by atoms with Crippen LogP contribution in [0.3, 0.4) is 0 Å². The summed E-state index contributed by atoms with van der Waals surface area (Å²) in [6, 6.07) is 10.4. The Bertz CT molecular complexity index is 655. The van der Waals surface area contributed by atoms with Crippen LogP contribution in [0.1, 0.15) is 12.5 Å². The number of benzene rings is 1. The maximum absolute atomic E-state index is 4.38. The molecule has 0 saturated carbocycles. The lowest BCUT2D eigenvalue weighted by Gasteiger charge is -2.34. The zero-order chi connectivity index (χ0) is 16.8. The molecule has 1 aliphatic rings. The average Bonchev–Trinajstić information content (AvgIpc) is 2.61. The zero-order valence-corrected chi connectivity index (χ0v) is 16.2. The number of likely N-dealkylation sites (N-methyl/N-ethyl adjacent to an activating group) is 1. The fourth-order valence-corrected chi connectivity index (χ4v) is 3.34. The molecule has 1 aromatic heterocycles. The summed E-state index contributed by atoms with van der Waals surface area (Å²) in [5.41, 5.74) is 2.40. The summed E-state index contributed by atoms with van der Waals surface area (Å²) in [5.74, 6) is 0.648. The second kappa shape index (κ2) is 8.73. The first-order valence-corrected chi connectivity index (χ1v) is 9.60. The van der Waals surface area contributed by atoms with Gasteiger partial charge in [0.05, 0.1) is 0 Å². The molecule has 0 atom stereocenters. The van der Waals surface area contributed by atoms with E-state index in [4.69, 9.17) is 0 Å². The molecule has 24 heavy (non-hydrogen) atoms. The Hall–Kier alpha value is -1.25. The van der Waals surface area contributed by atoms with Crippen LogP contribution < -0.4 is 5.32 Å². The van der Waals surface area contributed by atoms with E-state index < -0.39 is 0 Å². The molecule has 2 heterocycles. The number of nitrogens with zero attached hydrogens (tertiary/aromatic N) is 4. The van der Waals surface area contributed by atoms with Crippen molar-refractivity contribution in [2.45, 2.75) is 13.3 Å². The molecule has 1 saturated heterocycles. The van der Waals surface area contributed by atoms with Crippen LogP contribution in [0.4, 0.5) is 11.6 Å². The standard InChI is InChI=1S/C18H24IN5/c1-2-23-10-12-24(13-11-23)9-7-15-4-3-5-16(14-15)21-18-20-8-6-17(19)22-18/h3-6,8,14H,2,7,9-13H2,1H3,(H,20,21,22). The van der Waals surface area contributed by atoms with Crippen LogP contribution in [0, 0.1) is 3.70 Å². The van der Waals surface area contributed by atoms with Crippen molar-refractivity contribution in [1.29, 1.82) is 0 Å². The monoisotopic (exact) mass is 437 g/mol. The second-order valence-corrected chi connectivity index (χ2v) is 7.16. The van der Waals surface area contributed by atoms with E-state index in [1.165, 1.54) is 38.3 Å². The highest BCUT2D eigenvalue weighted by molar-refractivity contribution is 14.1. The van der Waals surface area contributed by atoms with Gasteiger partial charge in [-0.25, -0.2) is 9.97 Å². The molecule has 1 fully saturated rings. The Kier molecular flexibility index (Phi) is 6.39. The molecule has 1 N–H and O–H groups in total. The number of hydrogen-bond acceptors (Lipinski definition) is 5. The third-order valence-corrected chi connectivity index (χ3v) is 5.03. The van der Waals surface area contributed by atoms with E-state index in [0.717, 1.165) is 22.4 Å². The van der Waals surface area contributed by atoms with Crippen molar-refractivity contribution in [3.05, 3.63) is 45.8 Å². The molecule has 1 aromatic carbocycles. The molecule has 0 unspecified atom stereocenters.